The minimum atomic E-state index is 0.0213. The quantitative estimate of drug-likeness (QED) is 0.874. The molecule has 1 aliphatic heterocycles. The van der Waals surface area contributed by atoms with E-state index in [9.17, 15) is 4.79 Å². The molecule has 1 aliphatic rings. The van der Waals surface area contributed by atoms with Gasteiger partial charge in [-0.1, -0.05) is 26.0 Å². The third-order valence-electron chi connectivity index (χ3n) is 3.67. The average molecular weight is 260 g/mol. The van der Waals surface area contributed by atoms with Gasteiger partial charge in [0.15, 0.2) is 0 Å². The van der Waals surface area contributed by atoms with E-state index in [0.717, 1.165) is 31.1 Å². The third kappa shape index (κ3) is 4.35. The van der Waals surface area contributed by atoms with Crippen LogP contribution in [0.4, 0.5) is 5.69 Å². The molecule has 0 aliphatic carbocycles. The summed E-state index contributed by atoms with van der Waals surface area (Å²) in [6.07, 6.45) is 3.73. The van der Waals surface area contributed by atoms with Crippen LogP contribution in [0.1, 0.15) is 32.3 Å². The Morgan fingerprint density at radius 1 is 1.37 bits per heavy atom. The molecule has 3 nitrogen and oxygen atoms in total. The maximum atomic E-state index is 11.6. The fraction of sp³-hybridized carbons (Fsp3) is 0.562. The van der Waals surface area contributed by atoms with E-state index in [-0.39, 0.29) is 11.8 Å². The number of hydrogen-bond acceptors (Lipinski definition) is 2. The van der Waals surface area contributed by atoms with Crippen molar-refractivity contribution in [3.8, 4) is 0 Å². The monoisotopic (exact) mass is 260 g/mol. The molecule has 1 saturated heterocycles. The largest absolute Gasteiger partial charge is 0.326 e. The Morgan fingerprint density at radius 2 is 2.11 bits per heavy atom. The van der Waals surface area contributed by atoms with Crippen molar-refractivity contribution in [2.45, 2.75) is 33.1 Å². The van der Waals surface area contributed by atoms with Crippen molar-refractivity contribution in [2.75, 3.05) is 18.4 Å². The molecule has 2 rings (SSSR count). The smallest absolute Gasteiger partial charge is 0.226 e. The molecule has 0 spiro atoms. The molecule has 1 amide bonds. The Labute approximate surface area is 115 Å². The molecule has 19 heavy (non-hydrogen) atoms. The first-order valence-corrected chi connectivity index (χ1v) is 7.25. The van der Waals surface area contributed by atoms with E-state index in [1.54, 1.807) is 0 Å². The zero-order valence-corrected chi connectivity index (χ0v) is 11.9. The zero-order valence-electron chi connectivity index (χ0n) is 11.9. The normalized spacial score (nSPS) is 19.4. The summed E-state index contributed by atoms with van der Waals surface area (Å²) >= 11 is 0. The Kier molecular flexibility index (Phi) is 4.97. The van der Waals surface area contributed by atoms with Crippen LogP contribution in [0, 0.1) is 11.8 Å². The zero-order chi connectivity index (χ0) is 13.7. The molecular formula is C16H24N2O. The number of carbonyl (C=O) groups is 1. The van der Waals surface area contributed by atoms with Crippen LogP contribution in [0.25, 0.3) is 0 Å². The lowest BCUT2D eigenvalue weighted by Crippen LogP contribution is -2.30. The minimum absolute atomic E-state index is 0.0213. The standard InChI is InChI=1S/C16H24N2O/c1-12(2)16(19)18-15-7-5-13(6-8-15)10-14-4-3-9-17-11-14/h5-8,12,14,17H,3-4,9-11H2,1-2H3,(H,18,19). The minimum Gasteiger partial charge on any atom is -0.326 e. The second-order valence-corrected chi connectivity index (χ2v) is 5.76. The van der Waals surface area contributed by atoms with Gasteiger partial charge in [-0.2, -0.15) is 0 Å². The summed E-state index contributed by atoms with van der Waals surface area (Å²) in [5, 5.41) is 6.37. The van der Waals surface area contributed by atoms with Gasteiger partial charge in [0, 0.05) is 11.6 Å². The summed E-state index contributed by atoms with van der Waals surface area (Å²) in [6, 6.07) is 8.27. The molecule has 0 radical (unpaired) electrons. The van der Waals surface area contributed by atoms with Crippen LogP contribution in [-0.2, 0) is 11.2 Å². The molecule has 104 valence electrons. The maximum absolute atomic E-state index is 11.6. The van der Waals surface area contributed by atoms with Crippen LogP contribution in [0.2, 0.25) is 0 Å². The van der Waals surface area contributed by atoms with E-state index in [1.807, 2.05) is 26.0 Å². The Hall–Kier alpha value is -1.35. The van der Waals surface area contributed by atoms with Crippen LogP contribution >= 0.6 is 0 Å². The molecule has 2 N–H and O–H groups in total. The molecule has 1 heterocycles. The molecule has 1 fully saturated rings. The van der Waals surface area contributed by atoms with Crippen molar-refractivity contribution < 1.29 is 4.79 Å². The summed E-state index contributed by atoms with van der Waals surface area (Å²) in [5.41, 5.74) is 2.25. The van der Waals surface area contributed by atoms with Crippen molar-refractivity contribution in [1.29, 1.82) is 0 Å². The number of benzene rings is 1. The molecule has 1 unspecified atom stereocenters. The Morgan fingerprint density at radius 3 is 2.68 bits per heavy atom. The van der Waals surface area contributed by atoms with Crippen molar-refractivity contribution in [3.63, 3.8) is 0 Å². The topological polar surface area (TPSA) is 41.1 Å². The average Bonchev–Trinajstić information content (AvgIpc) is 2.42. The summed E-state index contributed by atoms with van der Waals surface area (Å²) in [6.45, 7) is 6.10. The molecule has 1 aromatic rings. The highest BCUT2D eigenvalue weighted by Gasteiger charge is 2.13. The van der Waals surface area contributed by atoms with Gasteiger partial charge in [-0.15, -0.1) is 0 Å². The molecule has 3 heteroatoms. The van der Waals surface area contributed by atoms with Crippen LogP contribution in [0.3, 0.4) is 0 Å². The van der Waals surface area contributed by atoms with Crippen LogP contribution in [0.15, 0.2) is 24.3 Å². The first-order chi connectivity index (χ1) is 9.15. The maximum Gasteiger partial charge on any atom is 0.226 e. The van der Waals surface area contributed by atoms with E-state index in [2.05, 4.69) is 22.8 Å². The molecule has 0 aromatic heterocycles. The molecule has 0 bridgehead atoms. The third-order valence-corrected chi connectivity index (χ3v) is 3.67. The predicted octanol–water partition coefficient (Wildman–Crippen LogP) is 2.82. The van der Waals surface area contributed by atoms with Gasteiger partial charge < -0.3 is 10.6 Å². The van der Waals surface area contributed by atoms with Gasteiger partial charge in [-0.3, -0.25) is 4.79 Å². The number of anilines is 1. The molecule has 1 atom stereocenters. The first kappa shape index (κ1) is 14.1. The lowest BCUT2D eigenvalue weighted by molar-refractivity contribution is -0.118. The van der Waals surface area contributed by atoms with E-state index in [4.69, 9.17) is 0 Å². The van der Waals surface area contributed by atoms with Gasteiger partial charge in [0.05, 0.1) is 0 Å². The summed E-state index contributed by atoms with van der Waals surface area (Å²) in [4.78, 5) is 11.6. The fourth-order valence-electron chi connectivity index (χ4n) is 2.44. The highest BCUT2D eigenvalue weighted by Crippen LogP contribution is 2.18. The van der Waals surface area contributed by atoms with Gasteiger partial charge in [0.25, 0.3) is 0 Å². The predicted molar refractivity (Wildman–Crippen MR) is 79.2 cm³/mol. The lowest BCUT2D eigenvalue weighted by Gasteiger charge is -2.22. The second kappa shape index (κ2) is 6.71. The van der Waals surface area contributed by atoms with Crippen molar-refractivity contribution >= 4 is 11.6 Å². The Balaban J connectivity index is 1.88. The molecule has 1 aromatic carbocycles. The molecular weight excluding hydrogens is 236 g/mol. The van der Waals surface area contributed by atoms with Crippen LogP contribution in [-0.4, -0.2) is 19.0 Å². The van der Waals surface area contributed by atoms with E-state index in [0.29, 0.717) is 0 Å². The lowest BCUT2D eigenvalue weighted by atomic mass is 9.92. The SMILES string of the molecule is CC(C)C(=O)Nc1ccc(CC2CCCNC2)cc1. The van der Waals surface area contributed by atoms with Crippen LogP contribution < -0.4 is 10.6 Å². The second-order valence-electron chi connectivity index (χ2n) is 5.76. The number of amides is 1. The fourth-order valence-corrected chi connectivity index (χ4v) is 2.44. The van der Waals surface area contributed by atoms with E-state index in [1.165, 1.54) is 18.4 Å². The van der Waals surface area contributed by atoms with Crippen LogP contribution in [0.5, 0.6) is 0 Å². The van der Waals surface area contributed by atoms with Crippen molar-refractivity contribution in [2.24, 2.45) is 11.8 Å². The summed E-state index contributed by atoms with van der Waals surface area (Å²) in [7, 11) is 0. The summed E-state index contributed by atoms with van der Waals surface area (Å²) < 4.78 is 0. The number of nitrogens with one attached hydrogen (secondary N) is 2. The number of carbonyl (C=O) groups excluding carboxylic acids is 1. The summed E-state index contributed by atoms with van der Waals surface area (Å²) in [5.74, 6) is 0.849. The Bertz CT molecular complexity index is 405. The highest BCUT2D eigenvalue weighted by molar-refractivity contribution is 5.91. The highest BCUT2D eigenvalue weighted by atomic mass is 16.1. The van der Waals surface area contributed by atoms with Crippen molar-refractivity contribution in [1.82, 2.24) is 5.32 Å². The van der Waals surface area contributed by atoms with Gasteiger partial charge in [0.2, 0.25) is 5.91 Å². The molecule has 0 saturated carbocycles. The van der Waals surface area contributed by atoms with Gasteiger partial charge in [-0.25, -0.2) is 0 Å². The number of piperidine rings is 1. The van der Waals surface area contributed by atoms with E-state index < -0.39 is 0 Å². The number of rotatable bonds is 4. The van der Waals surface area contributed by atoms with Gasteiger partial charge in [-0.05, 0) is 56.0 Å². The van der Waals surface area contributed by atoms with E-state index >= 15 is 0 Å². The first-order valence-electron chi connectivity index (χ1n) is 7.25. The van der Waals surface area contributed by atoms with Crippen molar-refractivity contribution in [3.05, 3.63) is 29.8 Å². The number of hydrogen-bond donors (Lipinski definition) is 2. The van der Waals surface area contributed by atoms with Gasteiger partial charge >= 0.3 is 0 Å². The van der Waals surface area contributed by atoms with Gasteiger partial charge in [0.1, 0.15) is 0 Å².